The number of rotatable bonds is 8. The molecular weight excluding hydrogens is 256 g/mol. The zero-order valence-corrected chi connectivity index (χ0v) is 11.8. The minimum absolute atomic E-state index is 0.175. The minimum atomic E-state index is -0.520. The van der Waals surface area contributed by atoms with Crippen LogP contribution in [0, 0.1) is 0 Å². The Labute approximate surface area is 119 Å². The van der Waals surface area contributed by atoms with Crippen LogP contribution in [0.1, 0.15) is 24.8 Å². The van der Waals surface area contributed by atoms with Crippen molar-refractivity contribution >= 4 is 11.9 Å². The fourth-order valence-electron chi connectivity index (χ4n) is 1.78. The molecule has 0 spiro atoms. The second-order valence-corrected chi connectivity index (χ2v) is 4.60. The van der Waals surface area contributed by atoms with Crippen LogP contribution in [-0.2, 0) is 20.7 Å². The zero-order valence-electron chi connectivity index (χ0n) is 11.8. The van der Waals surface area contributed by atoms with Gasteiger partial charge in [-0.3, -0.25) is 9.59 Å². The van der Waals surface area contributed by atoms with E-state index >= 15 is 0 Å². The zero-order chi connectivity index (χ0) is 14.8. The van der Waals surface area contributed by atoms with Crippen molar-refractivity contribution < 1.29 is 14.3 Å². The van der Waals surface area contributed by atoms with E-state index in [0.717, 1.165) is 6.42 Å². The van der Waals surface area contributed by atoms with Crippen molar-refractivity contribution in [2.75, 3.05) is 13.7 Å². The predicted molar refractivity (Wildman–Crippen MR) is 77.0 cm³/mol. The molecule has 0 aromatic heterocycles. The molecule has 0 aliphatic rings. The van der Waals surface area contributed by atoms with Crippen molar-refractivity contribution in [3.05, 3.63) is 35.9 Å². The predicted octanol–water partition coefficient (Wildman–Crippen LogP) is 1.02. The van der Waals surface area contributed by atoms with Gasteiger partial charge in [0.25, 0.3) is 0 Å². The van der Waals surface area contributed by atoms with Crippen LogP contribution in [0.4, 0.5) is 0 Å². The van der Waals surface area contributed by atoms with Crippen molar-refractivity contribution in [1.29, 1.82) is 0 Å². The molecule has 0 heterocycles. The second-order valence-electron chi connectivity index (χ2n) is 4.60. The third-order valence-electron chi connectivity index (χ3n) is 3.01. The molecule has 0 aliphatic heterocycles. The summed E-state index contributed by atoms with van der Waals surface area (Å²) < 4.78 is 4.52. The van der Waals surface area contributed by atoms with Crippen molar-refractivity contribution in [2.45, 2.75) is 31.7 Å². The van der Waals surface area contributed by atoms with E-state index in [1.807, 2.05) is 30.3 Å². The molecule has 20 heavy (non-hydrogen) atoms. The fourth-order valence-corrected chi connectivity index (χ4v) is 1.78. The molecule has 0 fully saturated rings. The van der Waals surface area contributed by atoms with Gasteiger partial charge in [0.15, 0.2) is 0 Å². The monoisotopic (exact) mass is 278 g/mol. The number of amides is 1. The van der Waals surface area contributed by atoms with Crippen molar-refractivity contribution in [1.82, 2.24) is 5.32 Å². The normalized spacial score (nSPS) is 11.7. The van der Waals surface area contributed by atoms with Crippen LogP contribution in [0.5, 0.6) is 0 Å². The SMILES string of the molecule is COC(=O)CCCNC(=O)C(N)CCc1ccccc1. The van der Waals surface area contributed by atoms with Crippen molar-refractivity contribution in [3.8, 4) is 0 Å². The summed E-state index contributed by atoms with van der Waals surface area (Å²) in [5.41, 5.74) is 7.00. The lowest BCUT2D eigenvalue weighted by atomic mass is 10.1. The Morgan fingerprint density at radius 1 is 1.30 bits per heavy atom. The average molecular weight is 278 g/mol. The first kappa shape index (κ1) is 16.2. The minimum Gasteiger partial charge on any atom is -0.469 e. The van der Waals surface area contributed by atoms with Crippen molar-refractivity contribution in [3.63, 3.8) is 0 Å². The second kappa shape index (κ2) is 9.09. The summed E-state index contributed by atoms with van der Waals surface area (Å²) in [5, 5.41) is 2.73. The van der Waals surface area contributed by atoms with Crippen LogP contribution in [0.25, 0.3) is 0 Å². The number of carbonyl (C=O) groups is 2. The third-order valence-corrected chi connectivity index (χ3v) is 3.01. The van der Waals surface area contributed by atoms with E-state index in [4.69, 9.17) is 5.73 Å². The summed E-state index contributed by atoms with van der Waals surface area (Å²) in [6, 6.07) is 9.40. The molecule has 1 unspecified atom stereocenters. The van der Waals surface area contributed by atoms with Crippen LogP contribution >= 0.6 is 0 Å². The molecule has 1 atom stereocenters. The number of nitrogens with one attached hydrogen (secondary N) is 1. The summed E-state index contributed by atoms with van der Waals surface area (Å²) in [6.45, 7) is 0.437. The molecule has 110 valence electrons. The molecule has 0 saturated heterocycles. The summed E-state index contributed by atoms with van der Waals surface area (Å²) >= 11 is 0. The van der Waals surface area contributed by atoms with E-state index in [0.29, 0.717) is 25.8 Å². The molecule has 5 heteroatoms. The van der Waals surface area contributed by atoms with Gasteiger partial charge in [0.1, 0.15) is 0 Å². The van der Waals surface area contributed by atoms with Gasteiger partial charge in [-0.05, 0) is 24.8 Å². The molecule has 1 aromatic rings. The highest BCUT2D eigenvalue weighted by molar-refractivity contribution is 5.81. The Kier molecular flexibility index (Phi) is 7.35. The molecule has 5 nitrogen and oxygen atoms in total. The maximum atomic E-state index is 11.7. The number of carbonyl (C=O) groups excluding carboxylic acids is 2. The van der Waals surface area contributed by atoms with Gasteiger partial charge in [0.05, 0.1) is 13.2 Å². The Morgan fingerprint density at radius 3 is 2.65 bits per heavy atom. The van der Waals surface area contributed by atoms with Gasteiger partial charge in [-0.1, -0.05) is 30.3 Å². The first-order valence-electron chi connectivity index (χ1n) is 6.77. The van der Waals surface area contributed by atoms with Gasteiger partial charge in [-0.15, -0.1) is 0 Å². The topological polar surface area (TPSA) is 81.4 Å². The van der Waals surface area contributed by atoms with Gasteiger partial charge >= 0.3 is 5.97 Å². The number of benzene rings is 1. The van der Waals surface area contributed by atoms with E-state index in [1.54, 1.807) is 0 Å². The Hall–Kier alpha value is -1.88. The molecule has 3 N–H and O–H groups in total. The van der Waals surface area contributed by atoms with Gasteiger partial charge in [0.2, 0.25) is 5.91 Å². The maximum Gasteiger partial charge on any atom is 0.305 e. The highest BCUT2D eigenvalue weighted by Gasteiger charge is 2.12. The van der Waals surface area contributed by atoms with E-state index in [2.05, 4.69) is 10.1 Å². The Bertz CT molecular complexity index is 420. The van der Waals surface area contributed by atoms with Gasteiger partial charge in [-0.2, -0.15) is 0 Å². The third kappa shape index (κ3) is 6.33. The molecule has 1 amide bonds. The smallest absolute Gasteiger partial charge is 0.305 e. The van der Waals surface area contributed by atoms with Crippen LogP contribution in [0.15, 0.2) is 30.3 Å². The Balaban J connectivity index is 2.17. The van der Waals surface area contributed by atoms with Crippen LogP contribution in [0.3, 0.4) is 0 Å². The molecule has 0 bridgehead atoms. The standard InChI is InChI=1S/C15H22N2O3/c1-20-14(18)8-5-11-17-15(19)13(16)10-9-12-6-3-2-4-7-12/h2-4,6-7,13H,5,8-11,16H2,1H3,(H,17,19). The summed E-state index contributed by atoms with van der Waals surface area (Å²) in [6.07, 6.45) is 2.24. The summed E-state index contributed by atoms with van der Waals surface area (Å²) in [7, 11) is 1.35. The summed E-state index contributed by atoms with van der Waals surface area (Å²) in [4.78, 5) is 22.6. The molecule has 0 saturated carbocycles. The van der Waals surface area contributed by atoms with Gasteiger partial charge < -0.3 is 15.8 Å². The summed E-state index contributed by atoms with van der Waals surface area (Å²) in [5.74, 6) is -0.446. The number of ether oxygens (including phenoxy) is 1. The lowest BCUT2D eigenvalue weighted by Gasteiger charge is -2.12. The van der Waals surface area contributed by atoms with E-state index in [-0.39, 0.29) is 11.9 Å². The Morgan fingerprint density at radius 2 is 2.00 bits per heavy atom. The molecule has 0 aliphatic carbocycles. The maximum absolute atomic E-state index is 11.7. The largest absolute Gasteiger partial charge is 0.469 e. The van der Waals surface area contributed by atoms with E-state index in [1.165, 1.54) is 12.7 Å². The highest BCUT2D eigenvalue weighted by Crippen LogP contribution is 2.04. The first-order chi connectivity index (χ1) is 9.63. The lowest BCUT2D eigenvalue weighted by Crippen LogP contribution is -2.41. The van der Waals surface area contributed by atoms with Crippen LogP contribution in [0.2, 0.25) is 0 Å². The number of hydrogen-bond acceptors (Lipinski definition) is 4. The number of nitrogens with two attached hydrogens (primary N) is 1. The van der Waals surface area contributed by atoms with Crippen LogP contribution < -0.4 is 11.1 Å². The quantitative estimate of drug-likeness (QED) is 0.549. The highest BCUT2D eigenvalue weighted by atomic mass is 16.5. The number of esters is 1. The van der Waals surface area contributed by atoms with E-state index < -0.39 is 6.04 Å². The number of aryl methyl sites for hydroxylation is 1. The average Bonchev–Trinajstić information content (AvgIpc) is 2.49. The molecular formula is C15H22N2O3. The number of hydrogen-bond donors (Lipinski definition) is 2. The van der Waals surface area contributed by atoms with Gasteiger partial charge in [-0.25, -0.2) is 0 Å². The van der Waals surface area contributed by atoms with Crippen molar-refractivity contribution in [2.24, 2.45) is 5.73 Å². The fraction of sp³-hybridized carbons (Fsp3) is 0.467. The first-order valence-corrected chi connectivity index (χ1v) is 6.77. The van der Waals surface area contributed by atoms with Crippen LogP contribution in [-0.4, -0.2) is 31.6 Å². The molecule has 1 rings (SSSR count). The van der Waals surface area contributed by atoms with Gasteiger partial charge in [0, 0.05) is 13.0 Å². The molecule has 0 radical (unpaired) electrons. The lowest BCUT2D eigenvalue weighted by molar-refractivity contribution is -0.140. The van der Waals surface area contributed by atoms with E-state index in [9.17, 15) is 9.59 Å². The number of methoxy groups -OCH3 is 1. The molecule has 1 aromatic carbocycles.